The molecular formula is C22H24N2O2S. The number of phenolic OH excluding ortho intramolecular Hbond substituents is 1. The highest BCUT2D eigenvalue weighted by Gasteiger charge is 2.30. The van der Waals surface area contributed by atoms with Crippen molar-refractivity contribution in [3.63, 3.8) is 0 Å². The molecule has 3 aromatic rings. The number of likely N-dealkylation sites (tertiary alicyclic amines) is 1. The average molecular weight is 381 g/mol. The third-order valence-electron chi connectivity index (χ3n) is 5.27. The molecule has 0 atom stereocenters. The quantitative estimate of drug-likeness (QED) is 0.719. The summed E-state index contributed by atoms with van der Waals surface area (Å²) in [5, 5.41) is 11.1. The summed E-state index contributed by atoms with van der Waals surface area (Å²) in [5.41, 5.74) is 1.96. The first-order valence-electron chi connectivity index (χ1n) is 9.32. The lowest BCUT2D eigenvalue weighted by Gasteiger charge is -2.37. The number of anilines is 1. The van der Waals surface area contributed by atoms with Crippen molar-refractivity contribution in [3.05, 3.63) is 59.0 Å². The number of nitrogens with zero attached hydrogens (tertiary/aromatic N) is 2. The minimum absolute atomic E-state index is 0.0222. The lowest BCUT2D eigenvalue weighted by atomic mass is 10.0. The molecular weight excluding hydrogens is 356 g/mol. The van der Waals surface area contributed by atoms with Crippen LogP contribution >= 0.6 is 11.3 Å². The Morgan fingerprint density at radius 2 is 1.93 bits per heavy atom. The van der Waals surface area contributed by atoms with Gasteiger partial charge >= 0.3 is 0 Å². The third kappa shape index (κ3) is 3.70. The van der Waals surface area contributed by atoms with Crippen molar-refractivity contribution < 1.29 is 9.90 Å². The summed E-state index contributed by atoms with van der Waals surface area (Å²) in [6, 6.07) is 15.5. The number of aryl methyl sites for hydroxylation is 1. The molecule has 140 valence electrons. The summed E-state index contributed by atoms with van der Waals surface area (Å²) in [4.78, 5) is 18.5. The Hall–Kier alpha value is -2.37. The molecule has 0 radical (unpaired) electrons. The smallest absolute Gasteiger partial charge is 0.268 e. The van der Waals surface area contributed by atoms with Crippen molar-refractivity contribution in [2.75, 3.05) is 25.0 Å². The summed E-state index contributed by atoms with van der Waals surface area (Å²) in [7, 11) is 2.12. The van der Waals surface area contributed by atoms with E-state index in [2.05, 4.69) is 37.1 Å². The van der Waals surface area contributed by atoms with E-state index >= 15 is 0 Å². The second-order valence-corrected chi connectivity index (χ2v) is 8.47. The fraction of sp³-hybridized carbons (Fsp3) is 0.318. The fourth-order valence-corrected chi connectivity index (χ4v) is 4.85. The monoisotopic (exact) mass is 380 g/mol. The van der Waals surface area contributed by atoms with Crippen LogP contribution in [0.15, 0.2) is 48.5 Å². The Labute approximate surface area is 163 Å². The molecule has 2 heterocycles. The molecule has 2 aromatic carbocycles. The topological polar surface area (TPSA) is 43.8 Å². The van der Waals surface area contributed by atoms with Gasteiger partial charge in [-0.2, -0.15) is 0 Å². The molecule has 4 nitrogen and oxygen atoms in total. The average Bonchev–Trinajstić information content (AvgIpc) is 3.07. The van der Waals surface area contributed by atoms with Gasteiger partial charge in [0.15, 0.2) is 0 Å². The number of aromatic hydroxyl groups is 1. The first kappa shape index (κ1) is 18.0. The van der Waals surface area contributed by atoms with Crippen LogP contribution in [0.25, 0.3) is 10.1 Å². The highest BCUT2D eigenvalue weighted by Crippen LogP contribution is 2.32. The van der Waals surface area contributed by atoms with Gasteiger partial charge in [0.2, 0.25) is 0 Å². The molecule has 1 amide bonds. The normalized spacial score (nSPS) is 15.9. The van der Waals surface area contributed by atoms with Crippen LogP contribution < -0.4 is 4.90 Å². The van der Waals surface area contributed by atoms with E-state index in [1.54, 1.807) is 29.5 Å². The van der Waals surface area contributed by atoms with Crippen LogP contribution in [-0.4, -0.2) is 42.1 Å². The molecule has 1 saturated heterocycles. The number of hydrogen-bond donors (Lipinski definition) is 1. The van der Waals surface area contributed by atoms with E-state index in [1.807, 2.05) is 17.0 Å². The molecule has 4 rings (SSSR count). The lowest BCUT2D eigenvalue weighted by molar-refractivity contribution is 0.0967. The number of hydrogen-bond acceptors (Lipinski definition) is 4. The van der Waals surface area contributed by atoms with Gasteiger partial charge in [-0.15, -0.1) is 11.3 Å². The number of fused-ring (bicyclic) bond motifs is 1. The maximum Gasteiger partial charge on any atom is 0.268 e. The van der Waals surface area contributed by atoms with E-state index in [9.17, 15) is 9.90 Å². The van der Waals surface area contributed by atoms with Crippen LogP contribution in [0, 0.1) is 6.92 Å². The zero-order valence-corrected chi connectivity index (χ0v) is 16.5. The van der Waals surface area contributed by atoms with Crippen molar-refractivity contribution in [1.82, 2.24) is 4.90 Å². The molecule has 0 bridgehead atoms. The minimum Gasteiger partial charge on any atom is -0.508 e. The highest BCUT2D eigenvalue weighted by molar-refractivity contribution is 7.20. The number of benzene rings is 2. The number of thiophene rings is 1. The number of rotatable bonds is 3. The number of piperidine rings is 1. The maximum absolute atomic E-state index is 13.5. The number of phenols is 1. The lowest BCUT2D eigenvalue weighted by Crippen LogP contribution is -2.46. The molecule has 1 aliphatic heterocycles. The minimum atomic E-state index is 0.0222. The van der Waals surface area contributed by atoms with Gasteiger partial charge in [-0.3, -0.25) is 4.79 Å². The van der Waals surface area contributed by atoms with Crippen molar-refractivity contribution in [2.45, 2.75) is 25.8 Å². The molecule has 1 aromatic heterocycles. The Morgan fingerprint density at radius 3 is 2.67 bits per heavy atom. The van der Waals surface area contributed by atoms with Crippen molar-refractivity contribution in [1.29, 1.82) is 0 Å². The van der Waals surface area contributed by atoms with Gasteiger partial charge in [0.1, 0.15) is 5.75 Å². The van der Waals surface area contributed by atoms with Crippen LogP contribution in [0.4, 0.5) is 5.69 Å². The number of carbonyl (C=O) groups is 1. The van der Waals surface area contributed by atoms with Crippen molar-refractivity contribution in [3.8, 4) is 5.75 Å². The fourth-order valence-electron chi connectivity index (χ4n) is 3.75. The summed E-state index contributed by atoms with van der Waals surface area (Å²) in [6.07, 6.45) is 1.86. The van der Waals surface area contributed by atoms with Gasteiger partial charge in [-0.25, -0.2) is 0 Å². The van der Waals surface area contributed by atoms with E-state index in [0.717, 1.165) is 46.6 Å². The van der Waals surface area contributed by atoms with Crippen LogP contribution in [-0.2, 0) is 0 Å². The van der Waals surface area contributed by atoms with E-state index in [1.165, 1.54) is 5.56 Å². The largest absolute Gasteiger partial charge is 0.508 e. The summed E-state index contributed by atoms with van der Waals surface area (Å²) in [5.74, 6) is 0.208. The molecule has 1 N–H and O–H groups in total. The molecule has 0 spiro atoms. The maximum atomic E-state index is 13.5. The zero-order chi connectivity index (χ0) is 19.0. The summed E-state index contributed by atoms with van der Waals surface area (Å²) >= 11 is 1.55. The number of amides is 1. The zero-order valence-electron chi connectivity index (χ0n) is 15.7. The van der Waals surface area contributed by atoms with E-state index in [0.29, 0.717) is 0 Å². The van der Waals surface area contributed by atoms with Crippen LogP contribution in [0.5, 0.6) is 5.75 Å². The van der Waals surface area contributed by atoms with E-state index < -0.39 is 0 Å². The van der Waals surface area contributed by atoms with Gasteiger partial charge < -0.3 is 14.9 Å². The molecule has 1 aliphatic rings. The molecule has 0 saturated carbocycles. The Balaban J connectivity index is 1.73. The van der Waals surface area contributed by atoms with Crippen molar-refractivity contribution >= 4 is 33.0 Å². The van der Waals surface area contributed by atoms with Crippen LogP contribution in [0.1, 0.15) is 28.1 Å². The molecule has 0 unspecified atom stereocenters. The second kappa shape index (κ2) is 7.33. The predicted molar refractivity (Wildman–Crippen MR) is 112 cm³/mol. The van der Waals surface area contributed by atoms with Gasteiger partial charge in [0.25, 0.3) is 5.91 Å². The number of carbonyl (C=O) groups excluding carboxylic acids is 1. The summed E-state index contributed by atoms with van der Waals surface area (Å²) < 4.78 is 1.14. The van der Waals surface area contributed by atoms with Gasteiger partial charge in [-0.1, -0.05) is 18.2 Å². The Bertz CT molecular complexity index is 973. The standard InChI is InChI=1S/C22H24N2O2S/c1-15-6-7-16-13-21(27-20(16)12-15)22(26)24(17-8-10-23(2)11-9-17)18-4-3-5-19(25)14-18/h3-7,12-14,17,25H,8-11H2,1-2H3. The van der Waals surface area contributed by atoms with E-state index in [-0.39, 0.29) is 17.7 Å². The third-order valence-corrected chi connectivity index (χ3v) is 6.35. The summed E-state index contributed by atoms with van der Waals surface area (Å²) in [6.45, 7) is 4.01. The Kier molecular flexibility index (Phi) is 4.89. The Morgan fingerprint density at radius 1 is 1.15 bits per heavy atom. The van der Waals surface area contributed by atoms with Gasteiger partial charge in [0.05, 0.1) is 4.88 Å². The first-order valence-corrected chi connectivity index (χ1v) is 10.1. The van der Waals surface area contributed by atoms with E-state index in [4.69, 9.17) is 0 Å². The van der Waals surface area contributed by atoms with Crippen LogP contribution in [0.2, 0.25) is 0 Å². The van der Waals surface area contributed by atoms with Crippen molar-refractivity contribution in [2.24, 2.45) is 0 Å². The SMILES string of the molecule is Cc1ccc2cc(C(=O)N(c3cccc(O)c3)C3CCN(C)CC3)sc2c1. The van der Waals surface area contributed by atoms with Gasteiger partial charge in [0, 0.05) is 22.5 Å². The molecule has 27 heavy (non-hydrogen) atoms. The molecule has 5 heteroatoms. The predicted octanol–water partition coefficient (Wildman–Crippen LogP) is 4.66. The second-order valence-electron chi connectivity index (χ2n) is 7.38. The molecule has 1 fully saturated rings. The van der Waals surface area contributed by atoms with Crippen LogP contribution in [0.3, 0.4) is 0 Å². The first-order chi connectivity index (χ1) is 13.0. The molecule has 0 aliphatic carbocycles. The highest BCUT2D eigenvalue weighted by atomic mass is 32.1. The van der Waals surface area contributed by atoms with Gasteiger partial charge in [-0.05, 0) is 75.1 Å².